The molecule has 32 heavy (non-hydrogen) atoms. The Hall–Kier alpha value is -3.27. The number of halogens is 1. The average Bonchev–Trinajstić information content (AvgIpc) is 3.32. The lowest BCUT2D eigenvalue weighted by Gasteiger charge is -2.23. The van der Waals surface area contributed by atoms with Crippen LogP contribution in [0.25, 0.3) is 0 Å². The van der Waals surface area contributed by atoms with Gasteiger partial charge in [0, 0.05) is 22.0 Å². The molecule has 1 aliphatic heterocycles. The molecule has 0 aromatic heterocycles. The van der Waals surface area contributed by atoms with Crippen LogP contribution in [0.4, 0.5) is 5.69 Å². The van der Waals surface area contributed by atoms with Gasteiger partial charge < -0.3 is 10.2 Å². The molecule has 1 fully saturated rings. The molecule has 0 spiro atoms. The first-order valence-electron chi connectivity index (χ1n) is 10.1. The third-order valence-corrected chi connectivity index (χ3v) is 6.65. The van der Waals surface area contributed by atoms with Crippen molar-refractivity contribution in [3.63, 3.8) is 0 Å². The number of benzene rings is 3. The minimum absolute atomic E-state index is 0.163. The van der Waals surface area contributed by atoms with E-state index in [-0.39, 0.29) is 11.8 Å². The fraction of sp³-hybridized carbons (Fsp3) is 0.160. The van der Waals surface area contributed by atoms with Gasteiger partial charge in [-0.15, -0.1) is 11.8 Å². The molecule has 1 saturated heterocycles. The number of nitriles is 1. The van der Waals surface area contributed by atoms with E-state index in [1.54, 1.807) is 59.1 Å². The molecule has 1 N–H and O–H groups in total. The van der Waals surface area contributed by atoms with Gasteiger partial charge in [-0.1, -0.05) is 66.2 Å². The van der Waals surface area contributed by atoms with Crippen LogP contribution in [0, 0.1) is 11.3 Å². The van der Waals surface area contributed by atoms with E-state index in [0.29, 0.717) is 33.5 Å². The van der Waals surface area contributed by atoms with E-state index in [0.717, 1.165) is 5.56 Å². The Morgan fingerprint density at radius 3 is 2.41 bits per heavy atom. The zero-order chi connectivity index (χ0) is 22.5. The van der Waals surface area contributed by atoms with Crippen molar-refractivity contribution in [2.75, 3.05) is 16.9 Å². The van der Waals surface area contributed by atoms with Crippen LogP contribution in [0.5, 0.6) is 0 Å². The van der Waals surface area contributed by atoms with Crippen LogP contribution in [0.1, 0.15) is 27.4 Å². The zero-order valence-corrected chi connectivity index (χ0v) is 18.6. The van der Waals surface area contributed by atoms with Crippen molar-refractivity contribution in [2.45, 2.75) is 12.0 Å². The van der Waals surface area contributed by atoms with E-state index < -0.39 is 12.0 Å². The van der Waals surface area contributed by atoms with E-state index in [1.807, 2.05) is 36.4 Å². The molecule has 3 aromatic rings. The summed E-state index contributed by atoms with van der Waals surface area (Å²) in [4.78, 5) is 27.4. The fourth-order valence-corrected chi connectivity index (χ4v) is 5.08. The predicted molar refractivity (Wildman–Crippen MR) is 128 cm³/mol. The SMILES string of the molecule is N#CC(c1ccccc1)c1ccc(NC(=O)[C@@H]2CSCN2C(=O)c2ccccc2)cc1Cl. The van der Waals surface area contributed by atoms with Crippen molar-refractivity contribution < 1.29 is 9.59 Å². The van der Waals surface area contributed by atoms with Gasteiger partial charge in [-0.25, -0.2) is 0 Å². The summed E-state index contributed by atoms with van der Waals surface area (Å²) in [6, 6.07) is 25.2. The van der Waals surface area contributed by atoms with E-state index in [4.69, 9.17) is 11.6 Å². The van der Waals surface area contributed by atoms with Crippen molar-refractivity contribution in [1.82, 2.24) is 4.90 Å². The molecule has 3 aromatic carbocycles. The van der Waals surface area contributed by atoms with Crippen LogP contribution >= 0.6 is 23.4 Å². The van der Waals surface area contributed by atoms with Crippen LogP contribution in [-0.4, -0.2) is 34.4 Å². The molecule has 0 aliphatic carbocycles. The third kappa shape index (κ3) is 4.64. The molecule has 0 bridgehead atoms. The lowest BCUT2D eigenvalue weighted by molar-refractivity contribution is -0.119. The van der Waals surface area contributed by atoms with Gasteiger partial charge in [-0.05, 0) is 35.4 Å². The normalized spacial score (nSPS) is 16.2. The second-order valence-electron chi connectivity index (χ2n) is 7.35. The number of anilines is 1. The molecule has 0 radical (unpaired) electrons. The Balaban J connectivity index is 1.49. The average molecular weight is 462 g/mol. The highest BCUT2D eigenvalue weighted by Gasteiger charge is 2.35. The molecule has 1 unspecified atom stereocenters. The summed E-state index contributed by atoms with van der Waals surface area (Å²) >= 11 is 8.03. The Kier molecular flexibility index (Phi) is 6.79. The van der Waals surface area contributed by atoms with Gasteiger partial charge in [0.05, 0.1) is 17.9 Å². The van der Waals surface area contributed by atoms with E-state index in [9.17, 15) is 14.9 Å². The summed E-state index contributed by atoms with van der Waals surface area (Å²) in [6.45, 7) is 0. The maximum atomic E-state index is 13.0. The summed E-state index contributed by atoms with van der Waals surface area (Å²) in [7, 11) is 0. The predicted octanol–water partition coefficient (Wildman–Crippen LogP) is 5.15. The Labute approximate surface area is 196 Å². The molecule has 7 heteroatoms. The number of carbonyl (C=O) groups excluding carboxylic acids is 2. The van der Waals surface area contributed by atoms with Gasteiger partial charge in [-0.3, -0.25) is 9.59 Å². The van der Waals surface area contributed by atoms with Crippen molar-refractivity contribution in [1.29, 1.82) is 5.26 Å². The smallest absolute Gasteiger partial charge is 0.255 e. The monoisotopic (exact) mass is 461 g/mol. The van der Waals surface area contributed by atoms with E-state index in [2.05, 4.69) is 11.4 Å². The van der Waals surface area contributed by atoms with Crippen molar-refractivity contribution in [2.24, 2.45) is 0 Å². The molecule has 2 atom stereocenters. The van der Waals surface area contributed by atoms with E-state index >= 15 is 0 Å². The number of rotatable bonds is 5. The highest BCUT2D eigenvalue weighted by Crippen LogP contribution is 2.32. The Morgan fingerprint density at radius 1 is 1.06 bits per heavy atom. The van der Waals surface area contributed by atoms with Gasteiger partial charge in [0.2, 0.25) is 5.91 Å². The fourth-order valence-electron chi connectivity index (χ4n) is 3.64. The van der Waals surface area contributed by atoms with Gasteiger partial charge in [0.1, 0.15) is 6.04 Å². The van der Waals surface area contributed by atoms with E-state index in [1.165, 1.54) is 0 Å². The summed E-state index contributed by atoms with van der Waals surface area (Å²) in [5.74, 6) is 0.0678. The number of nitrogens with one attached hydrogen (secondary N) is 1. The van der Waals surface area contributed by atoms with Crippen LogP contribution in [-0.2, 0) is 4.79 Å². The van der Waals surface area contributed by atoms with Crippen molar-refractivity contribution >= 4 is 40.9 Å². The minimum atomic E-state index is -0.567. The maximum absolute atomic E-state index is 13.0. The third-order valence-electron chi connectivity index (χ3n) is 5.31. The van der Waals surface area contributed by atoms with Crippen molar-refractivity contribution in [3.05, 3.63) is 101 Å². The standard InChI is InChI=1S/C25H20ClN3O2S/c26-22-13-19(11-12-20(22)21(14-27)17-7-3-1-4-8-17)28-24(30)23-15-32-16-29(23)25(31)18-9-5-2-6-10-18/h1-13,21,23H,15-16H2,(H,28,30)/t21?,23-/m0/s1. The van der Waals surface area contributed by atoms with Crippen LogP contribution in [0.15, 0.2) is 78.9 Å². The second kappa shape index (κ2) is 9.90. The number of hydrogen-bond donors (Lipinski definition) is 1. The largest absolute Gasteiger partial charge is 0.324 e. The Morgan fingerprint density at radius 2 is 1.75 bits per heavy atom. The molecule has 160 valence electrons. The van der Waals surface area contributed by atoms with Gasteiger partial charge in [-0.2, -0.15) is 5.26 Å². The lowest BCUT2D eigenvalue weighted by Crippen LogP contribution is -2.44. The molecule has 4 rings (SSSR count). The van der Waals surface area contributed by atoms with Crippen LogP contribution < -0.4 is 5.32 Å². The summed E-state index contributed by atoms with van der Waals surface area (Å²) in [5, 5.41) is 12.9. The number of carbonyl (C=O) groups is 2. The number of nitrogens with zero attached hydrogens (tertiary/aromatic N) is 2. The molecule has 1 heterocycles. The molecule has 1 aliphatic rings. The maximum Gasteiger partial charge on any atom is 0.255 e. The Bertz CT molecular complexity index is 1160. The number of amides is 2. The first-order chi connectivity index (χ1) is 15.6. The first-order valence-corrected chi connectivity index (χ1v) is 11.6. The zero-order valence-electron chi connectivity index (χ0n) is 17.1. The van der Waals surface area contributed by atoms with Gasteiger partial charge in [0.25, 0.3) is 5.91 Å². The highest BCUT2D eigenvalue weighted by atomic mass is 35.5. The van der Waals surface area contributed by atoms with Crippen LogP contribution in [0.3, 0.4) is 0 Å². The topological polar surface area (TPSA) is 73.2 Å². The van der Waals surface area contributed by atoms with Gasteiger partial charge in [0.15, 0.2) is 0 Å². The lowest BCUT2D eigenvalue weighted by atomic mass is 9.92. The number of thioether (sulfide) groups is 1. The number of hydrogen-bond acceptors (Lipinski definition) is 4. The molecule has 2 amide bonds. The summed E-state index contributed by atoms with van der Waals surface area (Å²) in [6.07, 6.45) is 0. The highest BCUT2D eigenvalue weighted by molar-refractivity contribution is 7.99. The van der Waals surface area contributed by atoms with Crippen molar-refractivity contribution in [3.8, 4) is 6.07 Å². The molecule has 0 saturated carbocycles. The molecule has 5 nitrogen and oxygen atoms in total. The van der Waals surface area contributed by atoms with Gasteiger partial charge >= 0.3 is 0 Å². The minimum Gasteiger partial charge on any atom is -0.324 e. The first kappa shape index (κ1) is 21.9. The summed E-state index contributed by atoms with van der Waals surface area (Å²) < 4.78 is 0. The molecular weight excluding hydrogens is 442 g/mol. The van der Waals surface area contributed by atoms with Crippen LogP contribution in [0.2, 0.25) is 5.02 Å². The quantitative estimate of drug-likeness (QED) is 0.570. The molecular formula is C25H20ClN3O2S. The second-order valence-corrected chi connectivity index (χ2v) is 8.76. The summed E-state index contributed by atoms with van der Waals surface area (Å²) in [5.41, 5.74) is 2.61.